The summed E-state index contributed by atoms with van der Waals surface area (Å²) in [6, 6.07) is 0. The Kier molecular flexibility index (Phi) is 3.49. The van der Waals surface area contributed by atoms with Gasteiger partial charge in [-0.05, 0) is 14.1 Å². The quantitative estimate of drug-likeness (QED) is 0.631. The van der Waals surface area contributed by atoms with Crippen molar-refractivity contribution in [2.75, 3.05) is 26.4 Å². The molecule has 3 heterocycles. The molecule has 9 heteroatoms. The van der Waals surface area contributed by atoms with Gasteiger partial charge in [-0.2, -0.15) is 0 Å². The number of fused-ring (bicyclic) bond motifs is 1. The number of aromatic nitrogens is 4. The molecule has 0 saturated carbocycles. The molecular weight excluding hydrogens is 276 g/mol. The highest BCUT2D eigenvalue weighted by Crippen LogP contribution is 2.32. The molecular formula is C12H18N6O3. The monoisotopic (exact) mass is 294 g/mol. The van der Waals surface area contributed by atoms with Crippen LogP contribution in [0.1, 0.15) is 6.23 Å². The number of likely N-dealkylation sites (N-methyl/N-ethyl adjacent to an activating group) is 1. The Balaban J connectivity index is 1.94. The lowest BCUT2D eigenvalue weighted by Crippen LogP contribution is -2.37. The summed E-state index contributed by atoms with van der Waals surface area (Å²) in [5.74, 6) is 0.261. The van der Waals surface area contributed by atoms with E-state index in [4.69, 9.17) is 10.5 Å². The molecule has 2 aromatic heterocycles. The predicted molar refractivity (Wildman–Crippen MR) is 74.2 cm³/mol. The number of anilines is 1. The number of imidazole rings is 1. The van der Waals surface area contributed by atoms with Gasteiger partial charge < -0.3 is 25.6 Å². The van der Waals surface area contributed by atoms with Crippen LogP contribution in [-0.4, -0.2) is 73.6 Å². The van der Waals surface area contributed by atoms with Crippen LogP contribution in [-0.2, 0) is 4.74 Å². The van der Waals surface area contributed by atoms with Gasteiger partial charge in [0.1, 0.15) is 30.2 Å². The number of nitrogen functional groups attached to an aromatic ring is 1. The van der Waals surface area contributed by atoms with Gasteiger partial charge in [0.25, 0.3) is 0 Å². The first-order valence-electron chi connectivity index (χ1n) is 6.58. The zero-order chi connectivity index (χ0) is 15.1. The number of rotatable bonds is 3. The van der Waals surface area contributed by atoms with Crippen molar-refractivity contribution in [3.63, 3.8) is 0 Å². The van der Waals surface area contributed by atoms with E-state index in [9.17, 15) is 10.2 Å². The maximum atomic E-state index is 10.2. The molecule has 0 radical (unpaired) electrons. The summed E-state index contributed by atoms with van der Waals surface area (Å²) < 4.78 is 7.34. The van der Waals surface area contributed by atoms with Gasteiger partial charge >= 0.3 is 0 Å². The molecule has 1 aliphatic rings. The number of ether oxygens (including phenoxy) is 1. The summed E-state index contributed by atoms with van der Waals surface area (Å²) in [6.45, 7) is 0.498. The van der Waals surface area contributed by atoms with Crippen LogP contribution < -0.4 is 5.73 Å². The lowest BCUT2D eigenvalue weighted by molar-refractivity contribution is -0.0405. The summed E-state index contributed by atoms with van der Waals surface area (Å²) in [6.07, 6.45) is -0.488. The molecule has 21 heavy (non-hydrogen) atoms. The van der Waals surface area contributed by atoms with E-state index < -0.39 is 24.5 Å². The first-order valence-corrected chi connectivity index (χ1v) is 6.58. The topological polar surface area (TPSA) is 123 Å². The van der Waals surface area contributed by atoms with Gasteiger partial charge in [-0.3, -0.25) is 4.57 Å². The van der Waals surface area contributed by atoms with Gasteiger partial charge in [0.2, 0.25) is 0 Å². The smallest absolute Gasteiger partial charge is 0.167 e. The van der Waals surface area contributed by atoms with Gasteiger partial charge in [0.05, 0.1) is 6.33 Å². The molecule has 0 aliphatic carbocycles. The van der Waals surface area contributed by atoms with Gasteiger partial charge in [-0.1, -0.05) is 0 Å². The Morgan fingerprint density at radius 1 is 1.29 bits per heavy atom. The normalized spacial score (nSPS) is 29.6. The molecule has 0 spiro atoms. The Labute approximate surface area is 121 Å². The standard InChI is InChI=1S/C12H18N6O3/c1-17(2)3-6-8(19)9(20)12(21-6)18-5-16-7-10(13)14-4-15-11(7)18/h4-6,8-9,12,19-20H,3H2,1-2H3,(H2,13,14,15)/t6-,8?,9?,12-/m1/s1. The van der Waals surface area contributed by atoms with E-state index in [0.717, 1.165) is 0 Å². The van der Waals surface area contributed by atoms with Crippen molar-refractivity contribution >= 4 is 17.0 Å². The average Bonchev–Trinajstić information content (AvgIpc) is 2.96. The molecule has 1 aliphatic heterocycles. The number of hydrogen-bond donors (Lipinski definition) is 3. The predicted octanol–water partition coefficient (Wildman–Crippen LogP) is -1.41. The molecule has 4 atom stereocenters. The van der Waals surface area contributed by atoms with E-state index in [1.54, 1.807) is 4.57 Å². The highest BCUT2D eigenvalue weighted by atomic mass is 16.6. The Bertz CT molecular complexity index is 645. The zero-order valence-corrected chi connectivity index (χ0v) is 11.8. The average molecular weight is 294 g/mol. The van der Waals surface area contributed by atoms with Gasteiger partial charge in [-0.25, -0.2) is 15.0 Å². The van der Waals surface area contributed by atoms with Crippen molar-refractivity contribution in [2.45, 2.75) is 24.5 Å². The Morgan fingerprint density at radius 3 is 2.76 bits per heavy atom. The fourth-order valence-electron chi connectivity index (χ4n) is 2.53. The third kappa shape index (κ3) is 2.33. The summed E-state index contributed by atoms with van der Waals surface area (Å²) in [5, 5.41) is 20.3. The van der Waals surface area contributed by atoms with Crippen molar-refractivity contribution in [3.8, 4) is 0 Å². The summed E-state index contributed by atoms with van der Waals surface area (Å²) >= 11 is 0. The van der Waals surface area contributed by atoms with Crippen molar-refractivity contribution in [2.24, 2.45) is 0 Å². The van der Waals surface area contributed by atoms with E-state index >= 15 is 0 Å². The van der Waals surface area contributed by atoms with E-state index in [0.29, 0.717) is 17.7 Å². The maximum Gasteiger partial charge on any atom is 0.167 e. The van der Waals surface area contributed by atoms with Crippen LogP contribution in [0.15, 0.2) is 12.7 Å². The zero-order valence-electron chi connectivity index (χ0n) is 11.8. The minimum Gasteiger partial charge on any atom is -0.387 e. The Hall–Kier alpha value is -1.81. The fraction of sp³-hybridized carbons (Fsp3) is 0.583. The van der Waals surface area contributed by atoms with Crippen LogP contribution in [0.25, 0.3) is 11.2 Å². The van der Waals surface area contributed by atoms with Crippen LogP contribution in [0.3, 0.4) is 0 Å². The lowest BCUT2D eigenvalue weighted by Gasteiger charge is -2.18. The second kappa shape index (κ2) is 5.19. The number of hydrogen-bond acceptors (Lipinski definition) is 8. The molecule has 114 valence electrons. The molecule has 3 rings (SSSR count). The largest absolute Gasteiger partial charge is 0.387 e. The second-order valence-electron chi connectivity index (χ2n) is 5.39. The minimum absolute atomic E-state index is 0.261. The molecule has 4 N–H and O–H groups in total. The van der Waals surface area contributed by atoms with Gasteiger partial charge in [0.15, 0.2) is 17.7 Å². The Morgan fingerprint density at radius 2 is 2.05 bits per heavy atom. The van der Waals surface area contributed by atoms with Crippen LogP contribution in [0.2, 0.25) is 0 Å². The molecule has 2 unspecified atom stereocenters. The molecule has 0 bridgehead atoms. The van der Waals surface area contributed by atoms with Crippen LogP contribution >= 0.6 is 0 Å². The SMILES string of the molecule is CN(C)C[C@H]1O[C@@H](n2cnc3c(N)ncnc32)C(O)C1O. The number of aliphatic hydroxyl groups excluding tert-OH is 2. The number of nitrogens with zero attached hydrogens (tertiary/aromatic N) is 5. The van der Waals surface area contributed by atoms with Gasteiger partial charge in [0, 0.05) is 6.54 Å². The van der Waals surface area contributed by atoms with E-state index in [-0.39, 0.29) is 5.82 Å². The number of aliphatic hydroxyl groups is 2. The maximum absolute atomic E-state index is 10.2. The van der Waals surface area contributed by atoms with Crippen molar-refractivity contribution < 1.29 is 14.9 Å². The lowest BCUT2D eigenvalue weighted by atomic mass is 10.1. The summed E-state index contributed by atoms with van der Waals surface area (Å²) in [5.41, 5.74) is 6.64. The molecule has 1 fully saturated rings. The third-order valence-electron chi connectivity index (χ3n) is 3.54. The minimum atomic E-state index is -1.07. The second-order valence-corrected chi connectivity index (χ2v) is 5.39. The molecule has 2 aromatic rings. The molecule has 0 aromatic carbocycles. The molecule has 1 saturated heterocycles. The molecule has 0 amide bonds. The highest BCUT2D eigenvalue weighted by molar-refractivity contribution is 5.81. The van der Waals surface area contributed by atoms with Crippen molar-refractivity contribution in [1.82, 2.24) is 24.4 Å². The van der Waals surface area contributed by atoms with Crippen LogP contribution in [0, 0.1) is 0 Å². The van der Waals surface area contributed by atoms with Gasteiger partial charge in [-0.15, -0.1) is 0 Å². The first-order chi connectivity index (χ1) is 9.99. The van der Waals surface area contributed by atoms with E-state index in [2.05, 4.69) is 15.0 Å². The first kappa shape index (κ1) is 14.1. The summed E-state index contributed by atoms with van der Waals surface area (Å²) in [4.78, 5) is 14.0. The van der Waals surface area contributed by atoms with Crippen LogP contribution in [0.5, 0.6) is 0 Å². The van der Waals surface area contributed by atoms with Crippen LogP contribution in [0.4, 0.5) is 5.82 Å². The molecule has 9 nitrogen and oxygen atoms in total. The summed E-state index contributed by atoms with van der Waals surface area (Å²) in [7, 11) is 3.74. The highest BCUT2D eigenvalue weighted by Gasteiger charge is 2.44. The fourth-order valence-corrected chi connectivity index (χ4v) is 2.53. The van der Waals surface area contributed by atoms with Crippen molar-refractivity contribution in [1.29, 1.82) is 0 Å². The third-order valence-corrected chi connectivity index (χ3v) is 3.54. The number of nitrogens with two attached hydrogens (primary N) is 1. The van der Waals surface area contributed by atoms with E-state index in [1.807, 2.05) is 19.0 Å². The van der Waals surface area contributed by atoms with E-state index in [1.165, 1.54) is 12.7 Å². The van der Waals surface area contributed by atoms with Crippen molar-refractivity contribution in [3.05, 3.63) is 12.7 Å².